The maximum atomic E-state index is 11.9. The number of carboxylic acid groups (broad SMARTS) is 1. The van der Waals surface area contributed by atoms with E-state index in [1.54, 1.807) is 0 Å². The lowest BCUT2D eigenvalue weighted by Gasteiger charge is -2.23. The molecule has 2 rings (SSSR count). The summed E-state index contributed by atoms with van der Waals surface area (Å²) in [7, 11) is 0. The van der Waals surface area contributed by atoms with Crippen molar-refractivity contribution in [3.8, 4) is 0 Å². The van der Waals surface area contributed by atoms with Gasteiger partial charge in [-0.05, 0) is 17.5 Å². The molecule has 0 radical (unpaired) electrons. The third kappa shape index (κ3) is 2.80. The van der Waals surface area contributed by atoms with Gasteiger partial charge in [-0.2, -0.15) is 0 Å². The van der Waals surface area contributed by atoms with Crippen molar-refractivity contribution in [2.45, 2.75) is 32.5 Å². The molecule has 1 aliphatic heterocycles. The normalized spacial score (nSPS) is 22.2. The molecule has 5 nitrogen and oxygen atoms in total. The number of aliphatic carboxylic acids is 1. The van der Waals surface area contributed by atoms with Crippen molar-refractivity contribution in [3.05, 3.63) is 34.3 Å². The van der Waals surface area contributed by atoms with E-state index in [2.05, 4.69) is 15.9 Å². The van der Waals surface area contributed by atoms with E-state index in [-0.39, 0.29) is 12.5 Å². The molecule has 1 aromatic rings. The molecule has 0 bridgehead atoms. The summed E-state index contributed by atoms with van der Waals surface area (Å²) in [5.41, 5.74) is 0.847. The monoisotopic (exact) mass is 341 g/mol. The molecule has 0 unspecified atom stereocenters. The van der Waals surface area contributed by atoms with Gasteiger partial charge in [0.2, 0.25) is 0 Å². The summed E-state index contributed by atoms with van der Waals surface area (Å²) >= 11 is 3.40. The zero-order valence-corrected chi connectivity index (χ0v) is 12.8. The predicted molar refractivity (Wildman–Crippen MR) is 76.2 cm³/mol. The molecule has 20 heavy (non-hydrogen) atoms. The molecular weight excluding hydrogens is 326 g/mol. The van der Waals surface area contributed by atoms with Crippen LogP contribution in [0.15, 0.2) is 28.7 Å². The fraction of sp³-hybridized carbons (Fsp3) is 0.429. The lowest BCUT2D eigenvalue weighted by Crippen LogP contribution is -2.44. The second-order valence-electron chi connectivity index (χ2n) is 5.09. The Morgan fingerprint density at radius 1 is 1.45 bits per heavy atom. The van der Waals surface area contributed by atoms with Gasteiger partial charge >= 0.3 is 12.1 Å². The molecule has 1 amide bonds. The van der Waals surface area contributed by atoms with Crippen LogP contribution in [-0.2, 0) is 16.1 Å². The van der Waals surface area contributed by atoms with Gasteiger partial charge in [-0.25, -0.2) is 9.59 Å². The Hall–Kier alpha value is -1.56. The average Bonchev–Trinajstić information content (AvgIpc) is 2.70. The summed E-state index contributed by atoms with van der Waals surface area (Å²) in [4.78, 5) is 24.7. The van der Waals surface area contributed by atoms with Crippen molar-refractivity contribution in [1.82, 2.24) is 4.90 Å². The lowest BCUT2D eigenvalue weighted by molar-refractivity contribution is -0.143. The zero-order valence-electron chi connectivity index (χ0n) is 11.2. The van der Waals surface area contributed by atoms with E-state index >= 15 is 0 Å². The Labute approximate surface area is 125 Å². The quantitative estimate of drug-likeness (QED) is 0.914. The number of carbonyl (C=O) groups is 2. The van der Waals surface area contributed by atoms with Gasteiger partial charge in [0.1, 0.15) is 6.10 Å². The minimum absolute atomic E-state index is 0.0516. The van der Waals surface area contributed by atoms with Crippen molar-refractivity contribution in [2.24, 2.45) is 5.92 Å². The molecule has 2 atom stereocenters. The van der Waals surface area contributed by atoms with Gasteiger partial charge in [-0.15, -0.1) is 0 Å². The molecule has 0 spiro atoms. The van der Waals surface area contributed by atoms with Crippen molar-refractivity contribution >= 4 is 28.0 Å². The molecule has 1 aromatic carbocycles. The van der Waals surface area contributed by atoms with Crippen LogP contribution in [0, 0.1) is 5.92 Å². The standard InChI is InChI=1S/C14H16BrNO4/c1-8(2)12-11(13(17)18)16(14(19)20-12)7-9-5-3-4-6-10(9)15/h3-6,8,11-12H,7H2,1-2H3,(H,17,18)/t11-,12+/m1/s1. The topological polar surface area (TPSA) is 66.8 Å². The second kappa shape index (κ2) is 5.83. The summed E-state index contributed by atoms with van der Waals surface area (Å²) < 4.78 is 6.05. The van der Waals surface area contributed by atoms with Gasteiger partial charge in [-0.1, -0.05) is 48.0 Å². The first-order valence-corrected chi connectivity index (χ1v) is 7.14. The number of benzene rings is 1. The molecule has 1 N–H and O–H groups in total. The summed E-state index contributed by atoms with van der Waals surface area (Å²) in [6.07, 6.45) is -1.20. The highest BCUT2D eigenvalue weighted by Crippen LogP contribution is 2.28. The molecule has 0 aromatic heterocycles. The van der Waals surface area contributed by atoms with E-state index in [0.717, 1.165) is 10.0 Å². The summed E-state index contributed by atoms with van der Waals surface area (Å²) in [6, 6.07) is 6.46. The Kier molecular flexibility index (Phi) is 4.32. The van der Waals surface area contributed by atoms with E-state index < -0.39 is 24.2 Å². The predicted octanol–water partition coefficient (Wildman–Crippen LogP) is 2.88. The number of cyclic esters (lactones) is 1. The summed E-state index contributed by atoms with van der Waals surface area (Å²) in [5.74, 6) is -1.09. The van der Waals surface area contributed by atoms with Crippen molar-refractivity contribution in [3.63, 3.8) is 0 Å². The van der Waals surface area contributed by atoms with Gasteiger partial charge in [0, 0.05) is 4.47 Å². The molecular formula is C14H16BrNO4. The van der Waals surface area contributed by atoms with E-state index in [1.165, 1.54) is 4.90 Å². The molecule has 6 heteroatoms. The number of rotatable bonds is 4. The number of hydrogen-bond acceptors (Lipinski definition) is 3. The van der Waals surface area contributed by atoms with Gasteiger partial charge in [0.15, 0.2) is 6.04 Å². The molecule has 0 aliphatic carbocycles. The molecule has 0 saturated carbocycles. The fourth-order valence-electron chi connectivity index (χ4n) is 2.29. The van der Waals surface area contributed by atoms with Crippen LogP contribution in [0.4, 0.5) is 4.79 Å². The summed E-state index contributed by atoms with van der Waals surface area (Å²) in [5, 5.41) is 9.38. The van der Waals surface area contributed by atoms with E-state index in [0.29, 0.717) is 0 Å². The van der Waals surface area contributed by atoms with Crippen LogP contribution in [0.3, 0.4) is 0 Å². The van der Waals surface area contributed by atoms with E-state index in [1.807, 2.05) is 38.1 Å². The smallest absolute Gasteiger partial charge is 0.411 e. The van der Waals surface area contributed by atoms with Gasteiger partial charge in [-0.3, -0.25) is 4.90 Å². The van der Waals surface area contributed by atoms with E-state index in [4.69, 9.17) is 4.74 Å². The lowest BCUT2D eigenvalue weighted by atomic mass is 9.99. The number of halogens is 1. The zero-order chi connectivity index (χ0) is 14.9. The summed E-state index contributed by atoms with van der Waals surface area (Å²) in [6.45, 7) is 3.89. The average molecular weight is 342 g/mol. The highest BCUT2D eigenvalue weighted by molar-refractivity contribution is 9.10. The van der Waals surface area contributed by atoms with Crippen molar-refractivity contribution in [2.75, 3.05) is 0 Å². The first kappa shape index (κ1) is 14.8. The van der Waals surface area contributed by atoms with Crippen molar-refractivity contribution < 1.29 is 19.4 Å². The highest BCUT2D eigenvalue weighted by Gasteiger charge is 2.47. The van der Waals surface area contributed by atoms with Crippen LogP contribution in [0.5, 0.6) is 0 Å². The highest BCUT2D eigenvalue weighted by atomic mass is 79.9. The van der Waals surface area contributed by atoms with E-state index in [9.17, 15) is 14.7 Å². The minimum atomic E-state index is -1.04. The van der Waals surface area contributed by atoms with Gasteiger partial charge < -0.3 is 9.84 Å². The maximum absolute atomic E-state index is 11.9. The first-order chi connectivity index (χ1) is 9.41. The second-order valence-corrected chi connectivity index (χ2v) is 5.95. The van der Waals surface area contributed by atoms with Crippen LogP contribution in [0.25, 0.3) is 0 Å². The first-order valence-electron chi connectivity index (χ1n) is 6.35. The molecule has 1 aliphatic rings. The Morgan fingerprint density at radius 3 is 2.65 bits per heavy atom. The number of hydrogen-bond donors (Lipinski definition) is 1. The third-order valence-electron chi connectivity index (χ3n) is 3.33. The van der Waals surface area contributed by atoms with Crippen LogP contribution in [-0.4, -0.2) is 34.2 Å². The SMILES string of the molecule is CC(C)[C@@H]1OC(=O)N(Cc2ccccc2Br)[C@H]1C(=O)O. The number of amides is 1. The molecule has 108 valence electrons. The van der Waals surface area contributed by atoms with Gasteiger partial charge in [0.05, 0.1) is 6.54 Å². The number of carbonyl (C=O) groups excluding carboxylic acids is 1. The minimum Gasteiger partial charge on any atom is -0.480 e. The Morgan fingerprint density at radius 2 is 2.10 bits per heavy atom. The molecule has 1 saturated heterocycles. The molecule has 1 fully saturated rings. The molecule has 1 heterocycles. The van der Waals surface area contributed by atoms with Crippen molar-refractivity contribution in [1.29, 1.82) is 0 Å². The Bertz CT molecular complexity index is 532. The van der Waals surface area contributed by atoms with Crippen LogP contribution >= 0.6 is 15.9 Å². The number of nitrogens with zero attached hydrogens (tertiary/aromatic N) is 1. The largest absolute Gasteiger partial charge is 0.480 e. The van der Waals surface area contributed by atoms with Crippen LogP contribution < -0.4 is 0 Å². The Balaban J connectivity index is 2.27. The number of carboxylic acids is 1. The number of ether oxygens (including phenoxy) is 1. The fourth-order valence-corrected chi connectivity index (χ4v) is 2.70. The third-order valence-corrected chi connectivity index (χ3v) is 4.10. The van der Waals surface area contributed by atoms with Gasteiger partial charge in [0.25, 0.3) is 0 Å². The maximum Gasteiger partial charge on any atom is 0.411 e. The van der Waals surface area contributed by atoms with Crippen LogP contribution in [0.1, 0.15) is 19.4 Å². The van der Waals surface area contributed by atoms with Crippen LogP contribution in [0.2, 0.25) is 0 Å².